The van der Waals surface area contributed by atoms with Crippen LogP contribution in [0.25, 0.3) is 0 Å². The van der Waals surface area contributed by atoms with Crippen LogP contribution >= 0.6 is 0 Å². The number of rotatable bonds is 4. The molecule has 3 rings (SSSR count). The minimum Gasteiger partial charge on any atom is -0.367 e. The Labute approximate surface area is 113 Å². The van der Waals surface area contributed by atoms with E-state index < -0.39 is 10.0 Å². The SMILES string of the molecule is CC1(N)CN(c2ccccc2S(=O)(=O)NC2CC2)C1. The van der Waals surface area contributed by atoms with Gasteiger partial charge in [-0.25, -0.2) is 13.1 Å². The molecule has 1 saturated carbocycles. The van der Waals surface area contributed by atoms with Gasteiger partial charge in [-0.1, -0.05) is 12.1 Å². The summed E-state index contributed by atoms with van der Waals surface area (Å²) >= 11 is 0. The van der Waals surface area contributed by atoms with Gasteiger partial charge in [-0.15, -0.1) is 0 Å². The van der Waals surface area contributed by atoms with Crippen LogP contribution in [-0.2, 0) is 10.0 Å². The third-order valence-electron chi connectivity index (χ3n) is 3.50. The van der Waals surface area contributed by atoms with E-state index in [4.69, 9.17) is 5.73 Å². The Balaban J connectivity index is 1.89. The highest BCUT2D eigenvalue weighted by Crippen LogP contribution is 2.32. The van der Waals surface area contributed by atoms with Gasteiger partial charge in [-0.3, -0.25) is 0 Å². The van der Waals surface area contributed by atoms with E-state index >= 15 is 0 Å². The van der Waals surface area contributed by atoms with Crippen molar-refractivity contribution in [2.45, 2.75) is 36.2 Å². The predicted molar refractivity (Wildman–Crippen MR) is 74.6 cm³/mol. The number of anilines is 1. The van der Waals surface area contributed by atoms with E-state index in [9.17, 15) is 8.42 Å². The van der Waals surface area contributed by atoms with Gasteiger partial charge in [0.15, 0.2) is 0 Å². The predicted octanol–water partition coefficient (Wildman–Crippen LogP) is 0.665. The second-order valence-corrected chi connectivity index (χ2v) is 7.56. The van der Waals surface area contributed by atoms with Crippen LogP contribution in [0.1, 0.15) is 19.8 Å². The van der Waals surface area contributed by atoms with Gasteiger partial charge in [0.2, 0.25) is 10.0 Å². The molecule has 1 aromatic carbocycles. The van der Waals surface area contributed by atoms with Gasteiger partial charge in [0.1, 0.15) is 4.90 Å². The molecule has 1 heterocycles. The van der Waals surface area contributed by atoms with E-state index in [1.54, 1.807) is 12.1 Å². The summed E-state index contributed by atoms with van der Waals surface area (Å²) in [5.74, 6) is 0. The van der Waals surface area contributed by atoms with Crippen molar-refractivity contribution in [1.29, 1.82) is 0 Å². The molecule has 0 amide bonds. The molecule has 6 heteroatoms. The first-order valence-electron chi connectivity index (χ1n) is 6.53. The summed E-state index contributed by atoms with van der Waals surface area (Å²) in [6, 6.07) is 7.24. The van der Waals surface area contributed by atoms with Crippen LogP contribution in [0.15, 0.2) is 29.2 Å². The maximum atomic E-state index is 12.3. The molecule has 0 spiro atoms. The summed E-state index contributed by atoms with van der Waals surface area (Å²) in [6.07, 6.45) is 1.87. The number of nitrogens with two attached hydrogens (primary N) is 1. The summed E-state index contributed by atoms with van der Waals surface area (Å²) in [5.41, 5.74) is 6.52. The van der Waals surface area contributed by atoms with Crippen LogP contribution in [0.2, 0.25) is 0 Å². The van der Waals surface area contributed by atoms with Crippen LogP contribution in [0.3, 0.4) is 0 Å². The zero-order valence-corrected chi connectivity index (χ0v) is 11.8. The second-order valence-electron chi connectivity index (χ2n) is 5.87. The molecule has 104 valence electrons. The fourth-order valence-electron chi connectivity index (χ4n) is 2.43. The average Bonchev–Trinajstić information content (AvgIpc) is 3.09. The Kier molecular flexibility index (Phi) is 2.85. The van der Waals surface area contributed by atoms with Crippen LogP contribution < -0.4 is 15.4 Å². The zero-order chi connectivity index (χ0) is 13.7. The molecule has 2 aliphatic rings. The molecular formula is C13H19N3O2S. The molecule has 0 unspecified atom stereocenters. The third-order valence-corrected chi connectivity index (χ3v) is 5.07. The van der Waals surface area contributed by atoms with Gasteiger partial charge in [-0.2, -0.15) is 0 Å². The lowest BCUT2D eigenvalue weighted by atomic mass is 9.93. The summed E-state index contributed by atoms with van der Waals surface area (Å²) in [4.78, 5) is 2.37. The van der Waals surface area contributed by atoms with Crippen molar-refractivity contribution in [2.75, 3.05) is 18.0 Å². The Morgan fingerprint density at radius 1 is 1.32 bits per heavy atom. The molecule has 1 aliphatic heterocycles. The maximum absolute atomic E-state index is 12.3. The van der Waals surface area contributed by atoms with Crippen molar-refractivity contribution in [3.63, 3.8) is 0 Å². The minimum absolute atomic E-state index is 0.120. The standard InChI is InChI=1S/C13H19N3O2S/c1-13(14)8-16(9-13)11-4-2-3-5-12(11)19(17,18)15-10-6-7-10/h2-5,10,15H,6-9,14H2,1H3. The molecule has 0 bridgehead atoms. The van der Waals surface area contributed by atoms with Crippen LogP contribution in [0.4, 0.5) is 5.69 Å². The lowest BCUT2D eigenvalue weighted by Crippen LogP contribution is -2.65. The smallest absolute Gasteiger partial charge is 0.242 e. The van der Waals surface area contributed by atoms with Crippen molar-refractivity contribution in [3.05, 3.63) is 24.3 Å². The van der Waals surface area contributed by atoms with E-state index in [2.05, 4.69) is 4.72 Å². The highest BCUT2D eigenvalue weighted by molar-refractivity contribution is 7.89. The minimum atomic E-state index is -3.42. The monoisotopic (exact) mass is 281 g/mol. The number of sulfonamides is 1. The van der Waals surface area contributed by atoms with Crippen molar-refractivity contribution in [3.8, 4) is 0 Å². The molecule has 0 atom stereocenters. The van der Waals surface area contributed by atoms with Crippen molar-refractivity contribution in [2.24, 2.45) is 5.73 Å². The van der Waals surface area contributed by atoms with Crippen molar-refractivity contribution < 1.29 is 8.42 Å². The van der Waals surface area contributed by atoms with E-state index in [0.29, 0.717) is 18.0 Å². The molecule has 1 aliphatic carbocycles. The van der Waals surface area contributed by atoms with Gasteiger partial charge in [-0.05, 0) is 31.9 Å². The van der Waals surface area contributed by atoms with E-state index in [1.807, 2.05) is 24.0 Å². The fourth-order valence-corrected chi connectivity index (χ4v) is 3.96. The van der Waals surface area contributed by atoms with Gasteiger partial charge >= 0.3 is 0 Å². The summed E-state index contributed by atoms with van der Waals surface area (Å²) in [6.45, 7) is 3.34. The van der Waals surface area contributed by atoms with Gasteiger partial charge in [0.05, 0.1) is 5.69 Å². The first-order valence-corrected chi connectivity index (χ1v) is 8.01. The van der Waals surface area contributed by atoms with Gasteiger partial charge in [0, 0.05) is 24.7 Å². The molecule has 3 N–H and O–H groups in total. The lowest BCUT2D eigenvalue weighted by Gasteiger charge is -2.47. The molecule has 0 aromatic heterocycles. The number of nitrogens with one attached hydrogen (secondary N) is 1. The molecule has 0 radical (unpaired) electrons. The average molecular weight is 281 g/mol. The summed E-state index contributed by atoms with van der Waals surface area (Å²) in [5, 5.41) is 0. The Bertz CT molecular complexity index is 586. The number of nitrogens with zero attached hydrogens (tertiary/aromatic N) is 1. The number of hydrogen-bond acceptors (Lipinski definition) is 4. The van der Waals surface area contributed by atoms with Gasteiger partial charge in [0.25, 0.3) is 0 Å². The molecule has 5 nitrogen and oxygen atoms in total. The zero-order valence-electron chi connectivity index (χ0n) is 11.0. The van der Waals surface area contributed by atoms with E-state index in [0.717, 1.165) is 18.5 Å². The maximum Gasteiger partial charge on any atom is 0.242 e. The number of benzene rings is 1. The van der Waals surface area contributed by atoms with E-state index in [1.165, 1.54) is 0 Å². The Morgan fingerprint density at radius 2 is 1.95 bits per heavy atom. The highest BCUT2D eigenvalue weighted by atomic mass is 32.2. The van der Waals surface area contributed by atoms with Crippen LogP contribution in [0, 0.1) is 0 Å². The van der Waals surface area contributed by atoms with Crippen LogP contribution in [-0.4, -0.2) is 33.1 Å². The first-order chi connectivity index (χ1) is 8.87. The Morgan fingerprint density at radius 3 is 2.53 bits per heavy atom. The number of para-hydroxylation sites is 1. The quantitative estimate of drug-likeness (QED) is 0.850. The van der Waals surface area contributed by atoms with Crippen LogP contribution in [0.5, 0.6) is 0 Å². The molecular weight excluding hydrogens is 262 g/mol. The third kappa shape index (κ3) is 2.61. The molecule has 1 saturated heterocycles. The summed E-state index contributed by atoms with van der Waals surface area (Å²) < 4.78 is 27.4. The summed E-state index contributed by atoms with van der Waals surface area (Å²) in [7, 11) is -3.42. The second kappa shape index (κ2) is 4.19. The normalized spacial score (nSPS) is 22.1. The lowest BCUT2D eigenvalue weighted by molar-refractivity contribution is 0.363. The van der Waals surface area contributed by atoms with Crippen molar-refractivity contribution in [1.82, 2.24) is 4.72 Å². The topological polar surface area (TPSA) is 75.4 Å². The largest absolute Gasteiger partial charge is 0.367 e. The Hall–Kier alpha value is -1.11. The molecule has 19 heavy (non-hydrogen) atoms. The molecule has 2 fully saturated rings. The molecule has 1 aromatic rings. The van der Waals surface area contributed by atoms with Crippen molar-refractivity contribution >= 4 is 15.7 Å². The fraction of sp³-hybridized carbons (Fsp3) is 0.538. The highest BCUT2D eigenvalue weighted by Gasteiger charge is 2.38. The first kappa shape index (κ1) is 12.9. The van der Waals surface area contributed by atoms with Gasteiger partial charge < -0.3 is 10.6 Å². The number of hydrogen-bond donors (Lipinski definition) is 2. The van der Waals surface area contributed by atoms with E-state index in [-0.39, 0.29) is 11.6 Å².